The van der Waals surface area contributed by atoms with E-state index in [2.05, 4.69) is 15.6 Å². The molecule has 0 unspecified atom stereocenters. The van der Waals surface area contributed by atoms with Crippen molar-refractivity contribution in [3.8, 4) is 0 Å². The van der Waals surface area contributed by atoms with E-state index in [-0.39, 0.29) is 5.82 Å². The zero-order chi connectivity index (χ0) is 16.4. The van der Waals surface area contributed by atoms with Crippen LogP contribution in [0.1, 0.15) is 19.4 Å². The molecular weight excluding hydrogens is 283 g/mol. The minimum Gasteiger partial charge on any atom is -0.380 e. The maximum Gasteiger partial charge on any atom is 0.191 e. The van der Waals surface area contributed by atoms with E-state index in [4.69, 9.17) is 4.74 Å². The highest BCUT2D eigenvalue weighted by molar-refractivity contribution is 5.79. The molecule has 0 amide bonds. The molecule has 2 N–H and O–H groups in total. The van der Waals surface area contributed by atoms with Crippen LogP contribution in [0.2, 0.25) is 0 Å². The maximum atomic E-state index is 13.9. The highest BCUT2D eigenvalue weighted by atomic mass is 19.1. The van der Waals surface area contributed by atoms with Crippen molar-refractivity contribution in [3.63, 3.8) is 0 Å². The van der Waals surface area contributed by atoms with Crippen molar-refractivity contribution in [1.29, 1.82) is 0 Å². The van der Waals surface area contributed by atoms with Crippen LogP contribution < -0.4 is 15.5 Å². The van der Waals surface area contributed by atoms with Crippen molar-refractivity contribution in [2.75, 3.05) is 45.3 Å². The molecule has 124 valence electrons. The summed E-state index contributed by atoms with van der Waals surface area (Å²) in [6.45, 7) is 7.19. The molecule has 6 heteroatoms. The van der Waals surface area contributed by atoms with Gasteiger partial charge >= 0.3 is 0 Å². The zero-order valence-corrected chi connectivity index (χ0v) is 13.9. The smallest absolute Gasteiger partial charge is 0.191 e. The van der Waals surface area contributed by atoms with Crippen LogP contribution in [0, 0.1) is 5.82 Å². The summed E-state index contributed by atoms with van der Waals surface area (Å²) in [4.78, 5) is 6.21. The van der Waals surface area contributed by atoms with E-state index in [1.807, 2.05) is 34.0 Å². The molecule has 0 atom stereocenters. The van der Waals surface area contributed by atoms with E-state index in [0.717, 1.165) is 12.1 Å². The number of hydrogen-bond acceptors (Lipinski definition) is 3. The SMILES string of the molecule is CCNC(=NCc1ccc(N(C)C)c(F)c1)NCCOCC. The zero-order valence-electron chi connectivity index (χ0n) is 13.9. The monoisotopic (exact) mass is 310 g/mol. The van der Waals surface area contributed by atoms with E-state index in [1.54, 1.807) is 11.0 Å². The van der Waals surface area contributed by atoms with Crippen LogP contribution in [0.25, 0.3) is 0 Å². The minimum absolute atomic E-state index is 0.230. The number of halogens is 1. The molecule has 0 saturated heterocycles. The lowest BCUT2D eigenvalue weighted by Crippen LogP contribution is -2.39. The summed E-state index contributed by atoms with van der Waals surface area (Å²) in [5.41, 5.74) is 1.42. The Morgan fingerprint density at radius 3 is 2.64 bits per heavy atom. The van der Waals surface area contributed by atoms with E-state index in [9.17, 15) is 4.39 Å². The lowest BCUT2D eigenvalue weighted by Gasteiger charge is -2.14. The first-order chi connectivity index (χ1) is 10.6. The second kappa shape index (κ2) is 10.00. The molecule has 0 heterocycles. The Hall–Kier alpha value is -1.82. The van der Waals surface area contributed by atoms with Gasteiger partial charge in [0.05, 0.1) is 18.8 Å². The highest BCUT2D eigenvalue weighted by Gasteiger charge is 2.05. The summed E-state index contributed by atoms with van der Waals surface area (Å²) in [7, 11) is 3.64. The van der Waals surface area contributed by atoms with E-state index in [0.29, 0.717) is 38.0 Å². The molecule has 1 aromatic carbocycles. The van der Waals surface area contributed by atoms with Crippen molar-refractivity contribution in [2.45, 2.75) is 20.4 Å². The average molecular weight is 310 g/mol. The predicted molar refractivity (Wildman–Crippen MR) is 90.0 cm³/mol. The third kappa shape index (κ3) is 6.30. The molecular formula is C16H27FN4O. The molecule has 5 nitrogen and oxygen atoms in total. The van der Waals surface area contributed by atoms with Gasteiger partial charge in [-0.2, -0.15) is 0 Å². The minimum atomic E-state index is -0.230. The van der Waals surface area contributed by atoms with Crippen LogP contribution in [0.5, 0.6) is 0 Å². The second-order valence-electron chi connectivity index (χ2n) is 5.00. The van der Waals surface area contributed by atoms with Gasteiger partial charge in [0.25, 0.3) is 0 Å². The number of guanidine groups is 1. The summed E-state index contributed by atoms with van der Waals surface area (Å²) in [6.07, 6.45) is 0. The van der Waals surface area contributed by atoms with Gasteiger partial charge in [-0.1, -0.05) is 6.07 Å². The Morgan fingerprint density at radius 2 is 2.05 bits per heavy atom. The quantitative estimate of drug-likeness (QED) is 0.438. The highest BCUT2D eigenvalue weighted by Crippen LogP contribution is 2.18. The van der Waals surface area contributed by atoms with Gasteiger partial charge in [-0.3, -0.25) is 0 Å². The molecule has 1 rings (SSSR count). The summed E-state index contributed by atoms with van der Waals surface area (Å²) in [6, 6.07) is 5.20. The normalized spacial score (nSPS) is 11.4. The van der Waals surface area contributed by atoms with E-state index < -0.39 is 0 Å². The predicted octanol–water partition coefficient (Wildman–Crippen LogP) is 1.98. The fourth-order valence-electron chi connectivity index (χ4n) is 1.91. The Balaban J connectivity index is 2.63. The van der Waals surface area contributed by atoms with Crippen LogP contribution in [-0.2, 0) is 11.3 Å². The number of nitrogens with zero attached hydrogens (tertiary/aromatic N) is 2. The molecule has 22 heavy (non-hydrogen) atoms. The molecule has 0 aliphatic heterocycles. The van der Waals surface area contributed by atoms with Crippen LogP contribution in [0.3, 0.4) is 0 Å². The topological polar surface area (TPSA) is 48.9 Å². The van der Waals surface area contributed by atoms with Gasteiger partial charge in [-0.25, -0.2) is 9.38 Å². The van der Waals surface area contributed by atoms with Crippen molar-refractivity contribution < 1.29 is 9.13 Å². The largest absolute Gasteiger partial charge is 0.380 e. The van der Waals surface area contributed by atoms with Gasteiger partial charge in [0.1, 0.15) is 5.82 Å². The first-order valence-electron chi connectivity index (χ1n) is 7.64. The fraction of sp³-hybridized carbons (Fsp3) is 0.562. The molecule has 0 aliphatic rings. The van der Waals surface area contributed by atoms with E-state index >= 15 is 0 Å². The second-order valence-corrected chi connectivity index (χ2v) is 5.00. The van der Waals surface area contributed by atoms with Gasteiger partial charge in [0, 0.05) is 33.8 Å². The lowest BCUT2D eigenvalue weighted by atomic mass is 10.2. The van der Waals surface area contributed by atoms with Crippen LogP contribution in [-0.4, -0.2) is 46.4 Å². The van der Waals surface area contributed by atoms with Crippen molar-refractivity contribution >= 4 is 11.6 Å². The number of rotatable bonds is 8. The van der Waals surface area contributed by atoms with Crippen molar-refractivity contribution in [2.24, 2.45) is 4.99 Å². The van der Waals surface area contributed by atoms with Gasteiger partial charge in [0.2, 0.25) is 0 Å². The first kappa shape index (κ1) is 18.2. The molecule has 0 aromatic heterocycles. The van der Waals surface area contributed by atoms with Crippen molar-refractivity contribution in [1.82, 2.24) is 10.6 Å². The lowest BCUT2D eigenvalue weighted by molar-refractivity contribution is 0.152. The number of aliphatic imine (C=N–C) groups is 1. The van der Waals surface area contributed by atoms with Gasteiger partial charge in [-0.05, 0) is 31.5 Å². The van der Waals surface area contributed by atoms with Crippen molar-refractivity contribution in [3.05, 3.63) is 29.6 Å². The third-order valence-electron chi connectivity index (χ3n) is 3.00. The van der Waals surface area contributed by atoms with E-state index in [1.165, 1.54) is 6.07 Å². The summed E-state index contributed by atoms with van der Waals surface area (Å²) in [5, 5.41) is 6.34. The van der Waals surface area contributed by atoms with Crippen LogP contribution in [0.15, 0.2) is 23.2 Å². The summed E-state index contributed by atoms with van der Waals surface area (Å²) in [5.74, 6) is 0.478. The Bertz CT molecular complexity index is 477. The number of nitrogens with one attached hydrogen (secondary N) is 2. The molecule has 0 aliphatic carbocycles. The maximum absolute atomic E-state index is 13.9. The number of benzene rings is 1. The standard InChI is InChI=1S/C16H27FN4O/c1-5-18-16(19-9-10-22-6-2)20-12-13-7-8-15(21(3)4)14(17)11-13/h7-8,11H,5-6,9-10,12H2,1-4H3,(H2,18,19,20). The fourth-order valence-corrected chi connectivity index (χ4v) is 1.91. The molecule has 0 spiro atoms. The van der Waals surface area contributed by atoms with Gasteiger partial charge in [0.15, 0.2) is 5.96 Å². The summed E-state index contributed by atoms with van der Waals surface area (Å²) >= 11 is 0. The Kier molecular flexibility index (Phi) is 8.28. The molecule has 0 saturated carbocycles. The average Bonchev–Trinajstić information content (AvgIpc) is 2.48. The number of hydrogen-bond donors (Lipinski definition) is 2. The van der Waals surface area contributed by atoms with Gasteiger partial charge in [-0.15, -0.1) is 0 Å². The molecule has 1 aromatic rings. The Labute approximate surface area is 132 Å². The first-order valence-corrected chi connectivity index (χ1v) is 7.64. The van der Waals surface area contributed by atoms with Crippen LogP contribution in [0.4, 0.5) is 10.1 Å². The van der Waals surface area contributed by atoms with Crippen LogP contribution >= 0.6 is 0 Å². The number of anilines is 1. The molecule has 0 radical (unpaired) electrons. The molecule has 0 bridgehead atoms. The third-order valence-corrected chi connectivity index (χ3v) is 3.00. The number of ether oxygens (including phenoxy) is 1. The van der Waals surface area contributed by atoms with Gasteiger partial charge < -0.3 is 20.3 Å². The summed E-state index contributed by atoms with van der Waals surface area (Å²) < 4.78 is 19.2. The molecule has 0 fully saturated rings. The Morgan fingerprint density at radius 1 is 1.27 bits per heavy atom.